The zero-order valence-corrected chi connectivity index (χ0v) is 14.6. The van der Waals surface area contributed by atoms with E-state index in [1.165, 1.54) is 17.7 Å². The van der Waals surface area contributed by atoms with Gasteiger partial charge in [0.1, 0.15) is 5.75 Å². The Morgan fingerprint density at radius 2 is 2.23 bits per heavy atom. The lowest BCUT2D eigenvalue weighted by molar-refractivity contribution is 0.474. The van der Waals surface area contributed by atoms with E-state index in [1.54, 1.807) is 30.1 Å². The number of benzene rings is 1. The van der Waals surface area contributed by atoms with Crippen molar-refractivity contribution in [2.45, 2.75) is 32.2 Å². The largest absolute Gasteiger partial charge is 0.507 e. The molecular formula is C17H22N2OS2. The van der Waals surface area contributed by atoms with Gasteiger partial charge in [-0.15, -0.1) is 11.8 Å². The van der Waals surface area contributed by atoms with Gasteiger partial charge in [-0.25, -0.2) is 0 Å². The van der Waals surface area contributed by atoms with Crippen LogP contribution in [0.1, 0.15) is 31.7 Å². The molecule has 1 aromatic rings. The molecule has 0 fully saturated rings. The van der Waals surface area contributed by atoms with Gasteiger partial charge in [0.05, 0.1) is 10.7 Å². The summed E-state index contributed by atoms with van der Waals surface area (Å²) in [5.41, 5.74) is 3.34. The molecule has 1 aromatic carbocycles. The number of allylic oxidation sites excluding steroid dienone is 1. The molecule has 1 atom stereocenters. The third kappa shape index (κ3) is 4.58. The molecule has 0 saturated carbocycles. The van der Waals surface area contributed by atoms with Crippen molar-refractivity contribution >= 4 is 34.4 Å². The molecule has 0 aliphatic heterocycles. The molecule has 0 aromatic heterocycles. The van der Waals surface area contributed by atoms with E-state index in [0.717, 1.165) is 22.6 Å². The summed E-state index contributed by atoms with van der Waals surface area (Å²) in [6.07, 6.45) is 7.08. The summed E-state index contributed by atoms with van der Waals surface area (Å²) in [6, 6.07) is 7.46. The van der Waals surface area contributed by atoms with Crippen molar-refractivity contribution in [3.63, 3.8) is 0 Å². The van der Waals surface area contributed by atoms with Crippen LogP contribution in [0.3, 0.4) is 0 Å². The minimum atomic E-state index is 0.245. The van der Waals surface area contributed by atoms with Crippen molar-refractivity contribution in [3.8, 4) is 5.75 Å². The van der Waals surface area contributed by atoms with Crippen LogP contribution >= 0.6 is 24.0 Å². The Kier molecular flexibility index (Phi) is 6.46. The first-order chi connectivity index (χ1) is 10.6. The first-order valence-electron chi connectivity index (χ1n) is 7.46. The van der Waals surface area contributed by atoms with Gasteiger partial charge in [-0.2, -0.15) is 0 Å². The Morgan fingerprint density at radius 3 is 2.95 bits per heavy atom. The van der Waals surface area contributed by atoms with Gasteiger partial charge in [0.25, 0.3) is 0 Å². The normalized spacial score (nSPS) is 16.3. The Balaban J connectivity index is 1.92. The maximum Gasteiger partial charge on any atom is 0.124 e. The van der Waals surface area contributed by atoms with Crippen molar-refractivity contribution in [2.75, 3.05) is 12.8 Å². The third-order valence-electron chi connectivity index (χ3n) is 3.62. The topological polar surface area (TPSA) is 44.6 Å². The molecule has 0 spiro atoms. The molecule has 0 saturated heterocycles. The number of nitrogens with zero attached hydrogens (tertiary/aromatic N) is 1. The number of thiocarbonyl (C=S) groups is 1. The highest BCUT2D eigenvalue weighted by molar-refractivity contribution is 8.23. The van der Waals surface area contributed by atoms with E-state index < -0.39 is 0 Å². The van der Waals surface area contributed by atoms with Crippen molar-refractivity contribution in [1.82, 2.24) is 5.32 Å². The van der Waals surface area contributed by atoms with E-state index in [4.69, 9.17) is 12.2 Å². The minimum Gasteiger partial charge on any atom is -0.507 e. The van der Waals surface area contributed by atoms with Gasteiger partial charge in [0.2, 0.25) is 0 Å². The van der Waals surface area contributed by atoms with E-state index in [9.17, 15) is 5.11 Å². The second-order valence-electron chi connectivity index (χ2n) is 5.40. The molecular weight excluding hydrogens is 312 g/mol. The molecule has 0 bridgehead atoms. The predicted molar refractivity (Wildman–Crippen MR) is 100 cm³/mol. The maximum atomic E-state index is 9.70. The van der Waals surface area contributed by atoms with Gasteiger partial charge < -0.3 is 10.4 Å². The smallest absolute Gasteiger partial charge is 0.124 e. The molecule has 0 radical (unpaired) electrons. The maximum absolute atomic E-state index is 9.70. The van der Waals surface area contributed by atoms with Crippen LogP contribution in [0.4, 0.5) is 0 Å². The number of hydrogen-bond donors (Lipinski definition) is 2. The van der Waals surface area contributed by atoms with Gasteiger partial charge in [0.15, 0.2) is 0 Å². The molecule has 1 unspecified atom stereocenters. The summed E-state index contributed by atoms with van der Waals surface area (Å²) < 4.78 is 1.00. The molecule has 118 valence electrons. The Bertz CT molecular complexity index is 596. The average molecular weight is 335 g/mol. The van der Waals surface area contributed by atoms with Crippen LogP contribution in [0.15, 0.2) is 40.5 Å². The molecule has 2 N–H and O–H groups in total. The molecule has 2 rings (SSSR count). The quantitative estimate of drug-likeness (QED) is 0.611. The standard InChI is InChI=1S/C17H22N2OS2/c1-12(10-18-11-13-6-3-4-9-16(13)20)19-15-8-5-7-14(15)17(21)22-2/h3-4,6,9,11-12,19-20H,5,7-8,10H2,1-2H3. The van der Waals surface area contributed by atoms with E-state index >= 15 is 0 Å². The Morgan fingerprint density at radius 1 is 1.45 bits per heavy atom. The lowest BCUT2D eigenvalue weighted by Gasteiger charge is -2.16. The van der Waals surface area contributed by atoms with E-state index in [-0.39, 0.29) is 11.8 Å². The number of aromatic hydroxyl groups is 1. The summed E-state index contributed by atoms with van der Waals surface area (Å²) in [6.45, 7) is 2.78. The van der Waals surface area contributed by atoms with Gasteiger partial charge >= 0.3 is 0 Å². The van der Waals surface area contributed by atoms with E-state index in [1.807, 2.05) is 18.4 Å². The van der Waals surface area contributed by atoms with E-state index in [2.05, 4.69) is 17.2 Å². The Labute approximate surface area is 141 Å². The molecule has 22 heavy (non-hydrogen) atoms. The number of thioether (sulfide) groups is 1. The summed E-state index contributed by atoms with van der Waals surface area (Å²) in [5.74, 6) is 0.262. The molecule has 0 amide bonds. The van der Waals surface area contributed by atoms with Crippen LogP contribution in [0, 0.1) is 0 Å². The second kappa shape index (κ2) is 8.34. The van der Waals surface area contributed by atoms with Crippen molar-refractivity contribution in [1.29, 1.82) is 0 Å². The zero-order valence-electron chi connectivity index (χ0n) is 13.0. The van der Waals surface area contributed by atoms with Crippen LogP contribution in [0.5, 0.6) is 5.75 Å². The van der Waals surface area contributed by atoms with Crippen LogP contribution in [-0.4, -0.2) is 34.4 Å². The monoisotopic (exact) mass is 334 g/mol. The van der Waals surface area contributed by atoms with Crippen LogP contribution in [0.25, 0.3) is 0 Å². The van der Waals surface area contributed by atoms with Gasteiger partial charge in [-0.1, -0.05) is 24.4 Å². The summed E-state index contributed by atoms with van der Waals surface area (Å²) >= 11 is 7.06. The first kappa shape index (κ1) is 17.0. The van der Waals surface area contributed by atoms with Crippen molar-refractivity contribution in [3.05, 3.63) is 41.1 Å². The molecule has 0 heterocycles. The number of nitrogens with one attached hydrogen (secondary N) is 1. The highest BCUT2D eigenvalue weighted by Gasteiger charge is 2.18. The van der Waals surface area contributed by atoms with Gasteiger partial charge in [0, 0.05) is 23.5 Å². The average Bonchev–Trinajstić information content (AvgIpc) is 2.96. The lowest BCUT2D eigenvalue weighted by atomic mass is 10.2. The molecule has 1 aliphatic carbocycles. The number of phenolic OH excluding ortho intramolecular Hbond substituents is 1. The summed E-state index contributed by atoms with van der Waals surface area (Å²) in [7, 11) is 0. The molecule has 1 aliphatic rings. The summed E-state index contributed by atoms with van der Waals surface area (Å²) in [5, 5.41) is 13.2. The predicted octanol–water partition coefficient (Wildman–Crippen LogP) is 3.92. The number of para-hydroxylation sites is 1. The SMILES string of the molecule is CSC(=S)C1=C(NC(C)CN=Cc2ccccc2O)CCC1. The molecule has 5 heteroatoms. The number of phenols is 1. The molecule has 3 nitrogen and oxygen atoms in total. The number of aliphatic imine (C=N–C) groups is 1. The number of rotatable bonds is 6. The minimum absolute atomic E-state index is 0.245. The van der Waals surface area contributed by atoms with E-state index in [0.29, 0.717) is 6.54 Å². The third-order valence-corrected chi connectivity index (χ3v) is 4.98. The van der Waals surface area contributed by atoms with Crippen LogP contribution < -0.4 is 5.32 Å². The number of hydrogen-bond acceptors (Lipinski definition) is 5. The van der Waals surface area contributed by atoms with Crippen LogP contribution in [0.2, 0.25) is 0 Å². The highest BCUT2D eigenvalue weighted by Crippen LogP contribution is 2.28. The summed E-state index contributed by atoms with van der Waals surface area (Å²) in [4.78, 5) is 4.43. The fraction of sp³-hybridized carbons (Fsp3) is 0.412. The first-order valence-corrected chi connectivity index (χ1v) is 9.09. The second-order valence-corrected chi connectivity index (χ2v) is 6.88. The van der Waals surface area contributed by atoms with Gasteiger partial charge in [-0.05, 0) is 50.1 Å². The Hall–Kier alpha value is -1.33. The zero-order chi connectivity index (χ0) is 15.9. The van der Waals surface area contributed by atoms with Crippen molar-refractivity contribution < 1.29 is 5.11 Å². The fourth-order valence-corrected chi connectivity index (χ4v) is 3.20. The van der Waals surface area contributed by atoms with Crippen LogP contribution in [-0.2, 0) is 0 Å². The lowest BCUT2D eigenvalue weighted by Crippen LogP contribution is -2.28. The van der Waals surface area contributed by atoms with Crippen molar-refractivity contribution in [2.24, 2.45) is 4.99 Å². The van der Waals surface area contributed by atoms with Gasteiger partial charge in [-0.3, -0.25) is 4.99 Å². The highest BCUT2D eigenvalue weighted by atomic mass is 32.2. The fourth-order valence-electron chi connectivity index (χ4n) is 2.50.